The van der Waals surface area contributed by atoms with Gasteiger partial charge in [-0.3, -0.25) is 4.90 Å². The number of phenolic OH excluding ortho intramolecular Hbond substituents is 1. The van der Waals surface area contributed by atoms with Gasteiger partial charge in [0.1, 0.15) is 0 Å². The third-order valence-electron chi connectivity index (χ3n) is 4.64. The fourth-order valence-electron chi connectivity index (χ4n) is 3.23. The van der Waals surface area contributed by atoms with Crippen LogP contribution in [0.4, 0.5) is 0 Å². The van der Waals surface area contributed by atoms with Crippen molar-refractivity contribution in [3.05, 3.63) is 23.8 Å². The zero-order chi connectivity index (χ0) is 14.7. The van der Waals surface area contributed by atoms with E-state index in [1.165, 1.54) is 37.8 Å². The van der Waals surface area contributed by atoms with Gasteiger partial charge in [0, 0.05) is 19.1 Å². The molecule has 3 rings (SSSR count). The van der Waals surface area contributed by atoms with E-state index in [1.807, 2.05) is 12.1 Å². The number of rotatable bonds is 6. The molecule has 1 saturated carbocycles. The first-order chi connectivity index (χ1) is 10.3. The first kappa shape index (κ1) is 17.4. The lowest BCUT2D eigenvalue weighted by Gasteiger charge is -2.30. The highest BCUT2D eigenvalue weighted by molar-refractivity contribution is 5.85. The Labute approximate surface area is 139 Å². The quantitative estimate of drug-likeness (QED) is 0.843. The predicted octanol–water partition coefficient (Wildman–Crippen LogP) is 2.79. The SMILES string of the molecule is COc1cc(CN(CC2CCNCC2)C2CC2)ccc1O.Cl. The number of phenols is 1. The van der Waals surface area contributed by atoms with Crippen LogP contribution in [0.25, 0.3) is 0 Å². The van der Waals surface area contributed by atoms with Gasteiger partial charge in [-0.25, -0.2) is 0 Å². The molecule has 5 heteroatoms. The van der Waals surface area contributed by atoms with Crippen molar-refractivity contribution >= 4 is 12.4 Å². The van der Waals surface area contributed by atoms with E-state index in [9.17, 15) is 5.11 Å². The summed E-state index contributed by atoms with van der Waals surface area (Å²) in [4.78, 5) is 2.63. The molecule has 1 aromatic rings. The summed E-state index contributed by atoms with van der Waals surface area (Å²) in [5.74, 6) is 1.62. The average Bonchev–Trinajstić information content (AvgIpc) is 3.34. The summed E-state index contributed by atoms with van der Waals surface area (Å²) in [6.45, 7) is 4.49. The van der Waals surface area contributed by atoms with Crippen molar-refractivity contribution in [3.63, 3.8) is 0 Å². The van der Waals surface area contributed by atoms with Crippen molar-refractivity contribution in [2.24, 2.45) is 5.92 Å². The summed E-state index contributed by atoms with van der Waals surface area (Å²) in [5, 5.41) is 13.1. The van der Waals surface area contributed by atoms with Crippen LogP contribution in [0.2, 0.25) is 0 Å². The Morgan fingerprint density at radius 1 is 1.23 bits per heavy atom. The zero-order valence-electron chi connectivity index (χ0n) is 13.3. The Morgan fingerprint density at radius 2 is 1.95 bits per heavy atom. The van der Waals surface area contributed by atoms with Gasteiger partial charge in [-0.1, -0.05) is 6.07 Å². The highest BCUT2D eigenvalue weighted by atomic mass is 35.5. The predicted molar refractivity (Wildman–Crippen MR) is 90.9 cm³/mol. The van der Waals surface area contributed by atoms with E-state index < -0.39 is 0 Å². The molecule has 0 atom stereocenters. The minimum absolute atomic E-state index is 0. The topological polar surface area (TPSA) is 44.7 Å². The molecule has 1 saturated heterocycles. The average molecular weight is 327 g/mol. The summed E-state index contributed by atoms with van der Waals surface area (Å²) in [5.41, 5.74) is 1.23. The Morgan fingerprint density at radius 3 is 2.59 bits per heavy atom. The number of aromatic hydroxyl groups is 1. The first-order valence-electron chi connectivity index (χ1n) is 8.07. The maximum absolute atomic E-state index is 9.71. The lowest BCUT2D eigenvalue weighted by atomic mass is 9.97. The van der Waals surface area contributed by atoms with Crippen LogP contribution in [-0.4, -0.2) is 42.8 Å². The van der Waals surface area contributed by atoms with Gasteiger partial charge in [0.2, 0.25) is 0 Å². The minimum atomic E-state index is 0. The van der Waals surface area contributed by atoms with E-state index in [2.05, 4.69) is 10.2 Å². The molecule has 124 valence electrons. The summed E-state index contributed by atoms with van der Waals surface area (Å²) in [7, 11) is 1.60. The van der Waals surface area contributed by atoms with Crippen LogP contribution in [0.5, 0.6) is 11.5 Å². The normalized spacial score (nSPS) is 19.0. The number of hydrogen-bond acceptors (Lipinski definition) is 4. The Kier molecular flexibility index (Phi) is 6.36. The van der Waals surface area contributed by atoms with Crippen molar-refractivity contribution in [2.75, 3.05) is 26.7 Å². The largest absolute Gasteiger partial charge is 0.504 e. The van der Waals surface area contributed by atoms with Crippen LogP contribution in [0.1, 0.15) is 31.2 Å². The summed E-state index contributed by atoms with van der Waals surface area (Å²) in [6, 6.07) is 6.48. The van der Waals surface area contributed by atoms with Gasteiger partial charge in [-0.05, 0) is 62.4 Å². The Balaban J connectivity index is 0.00000176. The Hall–Kier alpha value is -0.970. The molecule has 1 aromatic carbocycles. The summed E-state index contributed by atoms with van der Waals surface area (Å²) < 4.78 is 5.22. The molecule has 1 aliphatic heterocycles. The van der Waals surface area contributed by atoms with Crippen molar-refractivity contribution < 1.29 is 9.84 Å². The second kappa shape index (κ2) is 8.04. The molecule has 4 nitrogen and oxygen atoms in total. The number of methoxy groups -OCH3 is 1. The van der Waals surface area contributed by atoms with Crippen LogP contribution < -0.4 is 10.1 Å². The number of benzene rings is 1. The van der Waals surface area contributed by atoms with Crippen molar-refractivity contribution in [1.29, 1.82) is 0 Å². The lowest BCUT2D eigenvalue weighted by Crippen LogP contribution is -2.37. The molecule has 0 amide bonds. The highest BCUT2D eigenvalue weighted by Crippen LogP contribution is 2.32. The Bertz CT molecular complexity index is 474. The lowest BCUT2D eigenvalue weighted by molar-refractivity contribution is 0.190. The standard InChI is InChI=1S/C17H26N2O2.ClH/c1-21-17-10-14(2-5-16(17)20)12-19(15-3-4-15)11-13-6-8-18-9-7-13;/h2,5,10,13,15,18,20H,3-4,6-9,11-12H2,1H3;1H. The van der Waals surface area contributed by atoms with E-state index in [0.717, 1.165) is 31.6 Å². The fraction of sp³-hybridized carbons (Fsp3) is 0.647. The maximum Gasteiger partial charge on any atom is 0.160 e. The molecule has 2 fully saturated rings. The molecule has 2 aliphatic rings. The van der Waals surface area contributed by atoms with E-state index in [-0.39, 0.29) is 18.2 Å². The molecule has 0 spiro atoms. The molecule has 0 aromatic heterocycles. The molecule has 0 unspecified atom stereocenters. The first-order valence-corrected chi connectivity index (χ1v) is 8.07. The zero-order valence-corrected chi connectivity index (χ0v) is 14.1. The van der Waals surface area contributed by atoms with Gasteiger partial charge in [-0.2, -0.15) is 0 Å². The highest BCUT2D eigenvalue weighted by Gasteiger charge is 2.31. The van der Waals surface area contributed by atoms with Gasteiger partial charge < -0.3 is 15.2 Å². The second-order valence-corrected chi connectivity index (χ2v) is 6.36. The van der Waals surface area contributed by atoms with Gasteiger partial charge in [0.05, 0.1) is 7.11 Å². The van der Waals surface area contributed by atoms with Crippen LogP contribution in [0, 0.1) is 5.92 Å². The molecule has 2 N–H and O–H groups in total. The van der Waals surface area contributed by atoms with Gasteiger partial charge in [0.25, 0.3) is 0 Å². The molecule has 0 radical (unpaired) electrons. The second-order valence-electron chi connectivity index (χ2n) is 6.36. The van der Waals surface area contributed by atoms with Crippen LogP contribution in [0.3, 0.4) is 0 Å². The number of ether oxygens (including phenoxy) is 1. The molecule has 1 heterocycles. The number of nitrogens with one attached hydrogen (secondary N) is 1. The molecule has 1 aliphatic carbocycles. The van der Waals surface area contributed by atoms with E-state index >= 15 is 0 Å². The third-order valence-corrected chi connectivity index (χ3v) is 4.64. The third kappa shape index (κ3) is 4.51. The van der Waals surface area contributed by atoms with Crippen LogP contribution in [0.15, 0.2) is 18.2 Å². The van der Waals surface area contributed by atoms with Crippen LogP contribution >= 0.6 is 12.4 Å². The summed E-state index contributed by atoms with van der Waals surface area (Å²) in [6.07, 6.45) is 5.25. The monoisotopic (exact) mass is 326 g/mol. The fourth-order valence-corrected chi connectivity index (χ4v) is 3.23. The van der Waals surface area contributed by atoms with Crippen molar-refractivity contribution in [3.8, 4) is 11.5 Å². The van der Waals surface area contributed by atoms with Crippen molar-refractivity contribution in [2.45, 2.75) is 38.3 Å². The minimum Gasteiger partial charge on any atom is -0.504 e. The number of halogens is 1. The van der Waals surface area contributed by atoms with E-state index in [1.54, 1.807) is 13.2 Å². The smallest absolute Gasteiger partial charge is 0.160 e. The van der Waals surface area contributed by atoms with Gasteiger partial charge in [0.15, 0.2) is 11.5 Å². The van der Waals surface area contributed by atoms with Crippen molar-refractivity contribution in [1.82, 2.24) is 10.2 Å². The van der Waals surface area contributed by atoms with E-state index in [4.69, 9.17) is 4.74 Å². The van der Waals surface area contributed by atoms with Crippen LogP contribution in [-0.2, 0) is 6.54 Å². The number of nitrogens with zero attached hydrogens (tertiary/aromatic N) is 1. The maximum atomic E-state index is 9.71. The van der Waals surface area contributed by atoms with E-state index in [0.29, 0.717) is 5.75 Å². The summed E-state index contributed by atoms with van der Waals surface area (Å²) >= 11 is 0. The van der Waals surface area contributed by atoms with Gasteiger partial charge in [-0.15, -0.1) is 12.4 Å². The molecule has 22 heavy (non-hydrogen) atoms. The van der Waals surface area contributed by atoms with Gasteiger partial charge >= 0.3 is 0 Å². The number of piperidine rings is 1. The molecular weight excluding hydrogens is 300 g/mol. The molecular formula is C17H27ClN2O2. The molecule has 0 bridgehead atoms. The number of hydrogen-bond donors (Lipinski definition) is 2.